The zero-order valence-corrected chi connectivity index (χ0v) is 31.3. The number of nitrogens with zero attached hydrogens (tertiary/aromatic N) is 1. The molecule has 2 fully saturated rings. The lowest BCUT2D eigenvalue weighted by Crippen LogP contribution is -2.43. The first-order valence-electron chi connectivity index (χ1n) is 18.5. The van der Waals surface area contributed by atoms with Crippen molar-refractivity contribution < 1.29 is 27.8 Å². The molecule has 8 nitrogen and oxygen atoms in total. The van der Waals surface area contributed by atoms with Crippen molar-refractivity contribution in [3.8, 4) is 5.75 Å². The lowest BCUT2D eigenvalue weighted by molar-refractivity contribution is 0.0461. The van der Waals surface area contributed by atoms with E-state index < -0.39 is 27.3 Å². The fourth-order valence-electron chi connectivity index (χ4n) is 7.61. The van der Waals surface area contributed by atoms with Crippen molar-refractivity contribution in [1.29, 1.82) is 0 Å². The molecule has 2 aromatic rings. The minimum atomic E-state index is -4.04. The Morgan fingerprint density at radius 3 is 2.70 bits per heavy atom. The van der Waals surface area contributed by atoms with Gasteiger partial charge in [-0.1, -0.05) is 56.2 Å². The van der Waals surface area contributed by atoms with Gasteiger partial charge in [0.2, 0.25) is 10.0 Å². The first-order chi connectivity index (χ1) is 24.1. The molecule has 0 aromatic heterocycles. The van der Waals surface area contributed by atoms with Crippen LogP contribution in [0, 0.1) is 17.8 Å². The van der Waals surface area contributed by atoms with E-state index in [9.17, 15) is 18.3 Å². The Labute approximate surface area is 304 Å². The summed E-state index contributed by atoms with van der Waals surface area (Å²) in [6.07, 6.45) is 14.3. The molecular formula is C40H55ClN2O6S. The number of allylic oxidation sites excluding steroid dienone is 2. The van der Waals surface area contributed by atoms with Gasteiger partial charge in [0.15, 0.2) is 0 Å². The third kappa shape index (κ3) is 9.93. The van der Waals surface area contributed by atoms with E-state index >= 15 is 0 Å². The van der Waals surface area contributed by atoms with Gasteiger partial charge >= 0.3 is 0 Å². The first-order valence-corrected chi connectivity index (χ1v) is 20.4. The molecule has 1 aliphatic carbocycles. The van der Waals surface area contributed by atoms with Crippen LogP contribution in [0.1, 0.15) is 99.5 Å². The number of rotatable bonds is 14. The van der Waals surface area contributed by atoms with Crippen molar-refractivity contribution in [2.75, 3.05) is 24.6 Å². The summed E-state index contributed by atoms with van der Waals surface area (Å²) in [4.78, 5) is 16.1. The molecular weight excluding hydrogens is 672 g/mol. The zero-order chi connectivity index (χ0) is 35.7. The van der Waals surface area contributed by atoms with Gasteiger partial charge in [-0.15, -0.1) is 6.58 Å². The first kappa shape index (κ1) is 38.4. The number of fused-ring (bicyclic) bond motifs is 2. The van der Waals surface area contributed by atoms with E-state index in [1.807, 2.05) is 31.2 Å². The Hall–Kier alpha value is -2.85. The van der Waals surface area contributed by atoms with Crippen LogP contribution in [0.15, 0.2) is 61.2 Å². The van der Waals surface area contributed by atoms with Crippen LogP contribution < -0.4 is 14.4 Å². The van der Waals surface area contributed by atoms with E-state index in [-0.39, 0.29) is 29.4 Å². The summed E-state index contributed by atoms with van der Waals surface area (Å²) in [5.74, 6) is 0.157. The maximum atomic E-state index is 13.8. The van der Waals surface area contributed by atoms with Gasteiger partial charge in [0.05, 0.1) is 23.1 Å². The highest BCUT2D eigenvalue weighted by Crippen LogP contribution is 2.41. The van der Waals surface area contributed by atoms with Gasteiger partial charge in [0.25, 0.3) is 5.91 Å². The quantitative estimate of drug-likeness (QED) is 0.190. The Kier molecular flexibility index (Phi) is 13.9. The molecule has 2 N–H and O–H groups in total. The number of hydrogen-bond donors (Lipinski definition) is 2. The molecule has 2 aliphatic heterocycles. The van der Waals surface area contributed by atoms with E-state index in [1.54, 1.807) is 24.3 Å². The van der Waals surface area contributed by atoms with Crippen molar-refractivity contribution in [3.63, 3.8) is 0 Å². The van der Waals surface area contributed by atoms with Gasteiger partial charge in [-0.25, -0.2) is 13.1 Å². The number of unbranched alkanes of at least 4 members (excludes halogenated alkanes) is 1. The number of carbonyl (C=O) groups is 1. The molecule has 0 unspecified atom stereocenters. The number of benzene rings is 2. The van der Waals surface area contributed by atoms with Crippen LogP contribution in [-0.4, -0.2) is 56.6 Å². The SMILES string of the molecule is C=CC[C@H](C)[C@H](C[C@H]1CCCO1)S(=O)(=O)NC(=O)c1ccc2c(c1)N(C[C@@H]1CC[C@H]1[C@@H](O)/C=C/CCC)CCCCc1cc(Cl)ccc1CO2. The number of aryl methyl sites for hydroxylation is 1. The van der Waals surface area contributed by atoms with Crippen LogP contribution in [0.25, 0.3) is 0 Å². The monoisotopic (exact) mass is 726 g/mol. The van der Waals surface area contributed by atoms with Crippen molar-refractivity contribution in [2.24, 2.45) is 17.8 Å². The van der Waals surface area contributed by atoms with Crippen LogP contribution >= 0.6 is 11.6 Å². The predicted octanol–water partition coefficient (Wildman–Crippen LogP) is 8.01. The topological polar surface area (TPSA) is 105 Å². The Bertz CT molecular complexity index is 1590. The van der Waals surface area contributed by atoms with Gasteiger partial charge < -0.3 is 19.5 Å². The van der Waals surface area contributed by atoms with Crippen molar-refractivity contribution in [2.45, 2.75) is 109 Å². The molecule has 1 amide bonds. The van der Waals surface area contributed by atoms with E-state index in [0.29, 0.717) is 43.4 Å². The van der Waals surface area contributed by atoms with Gasteiger partial charge in [0, 0.05) is 30.3 Å². The summed E-state index contributed by atoms with van der Waals surface area (Å²) in [5.41, 5.74) is 3.24. The number of aliphatic hydroxyl groups is 1. The summed E-state index contributed by atoms with van der Waals surface area (Å²) < 4.78 is 42.3. The number of ether oxygens (including phenoxy) is 2. The molecule has 10 heteroatoms. The van der Waals surface area contributed by atoms with Crippen molar-refractivity contribution in [3.05, 3.63) is 82.9 Å². The van der Waals surface area contributed by atoms with E-state index in [4.69, 9.17) is 21.1 Å². The Morgan fingerprint density at radius 2 is 1.98 bits per heavy atom. The lowest BCUT2D eigenvalue weighted by Gasteiger charge is -2.42. The summed E-state index contributed by atoms with van der Waals surface area (Å²) in [6, 6.07) is 11.1. The predicted molar refractivity (Wildman–Crippen MR) is 201 cm³/mol. The maximum absolute atomic E-state index is 13.8. The highest BCUT2D eigenvalue weighted by molar-refractivity contribution is 7.90. The standard InChI is InChI=1S/C40H55ClN2O6S/c1-4-6-7-14-37(44)35-19-16-31(35)26-43-21-9-8-12-29-23-33(41)18-15-32(29)27-49-38-20-17-30(24-36(38)43)40(45)42-50(46,47)39(28(3)11-5-2)25-34-13-10-22-48-34/h5,7,14-15,17-18,20,23-24,28,31,34-35,37,39,44H,2,4,6,8-13,16,19,21-22,25-27H2,1,3H3,(H,42,45)/b14-7+/t28-,31-,34+,35+,37-,39-/m0/s1. The third-order valence-electron chi connectivity index (χ3n) is 10.7. The van der Waals surface area contributed by atoms with Gasteiger partial charge in [0.1, 0.15) is 12.4 Å². The second-order valence-corrected chi connectivity index (χ2v) is 16.7. The molecule has 50 heavy (non-hydrogen) atoms. The van der Waals surface area contributed by atoms with Crippen LogP contribution in [0.5, 0.6) is 5.75 Å². The molecule has 0 spiro atoms. The molecule has 5 rings (SSSR count). The molecule has 2 aromatic carbocycles. The maximum Gasteiger partial charge on any atom is 0.264 e. The van der Waals surface area contributed by atoms with E-state index in [2.05, 4.69) is 29.2 Å². The average Bonchev–Trinajstić information content (AvgIpc) is 3.58. The molecule has 274 valence electrons. The minimum absolute atomic E-state index is 0.143. The smallest absolute Gasteiger partial charge is 0.264 e. The number of aliphatic hydroxyl groups excluding tert-OH is 1. The largest absolute Gasteiger partial charge is 0.487 e. The van der Waals surface area contributed by atoms with Crippen LogP contribution in [0.4, 0.5) is 5.69 Å². The minimum Gasteiger partial charge on any atom is -0.487 e. The van der Waals surface area contributed by atoms with Crippen LogP contribution in [-0.2, 0) is 27.8 Å². The second kappa shape index (κ2) is 18.1. The molecule has 6 atom stereocenters. The fraction of sp³-hybridized carbons (Fsp3) is 0.575. The number of amides is 1. The van der Waals surface area contributed by atoms with Gasteiger partial charge in [-0.05, 0) is 123 Å². The number of halogens is 1. The average molecular weight is 727 g/mol. The molecule has 1 saturated heterocycles. The molecule has 0 bridgehead atoms. The highest BCUT2D eigenvalue weighted by atomic mass is 35.5. The zero-order valence-electron chi connectivity index (χ0n) is 29.7. The third-order valence-corrected chi connectivity index (χ3v) is 12.9. The van der Waals surface area contributed by atoms with Crippen LogP contribution in [0.2, 0.25) is 5.02 Å². The van der Waals surface area contributed by atoms with Crippen molar-refractivity contribution in [1.82, 2.24) is 4.72 Å². The number of hydrogen-bond acceptors (Lipinski definition) is 7. The summed E-state index contributed by atoms with van der Waals surface area (Å²) in [7, 11) is -4.04. The normalized spacial score (nSPS) is 23.0. The second-order valence-electron chi connectivity index (χ2n) is 14.4. The van der Waals surface area contributed by atoms with E-state index in [1.165, 1.54) is 0 Å². The summed E-state index contributed by atoms with van der Waals surface area (Å²) in [6.45, 7) is 10.2. The van der Waals surface area contributed by atoms with Crippen LogP contribution in [0.3, 0.4) is 0 Å². The molecule has 2 heterocycles. The van der Waals surface area contributed by atoms with Crippen molar-refractivity contribution >= 4 is 33.2 Å². The number of nitrogens with one attached hydrogen (secondary N) is 1. The number of carbonyl (C=O) groups excluding carboxylic acids is 1. The Balaban J connectivity index is 1.42. The molecule has 3 aliphatic rings. The summed E-state index contributed by atoms with van der Waals surface area (Å²) in [5, 5.41) is 10.9. The Morgan fingerprint density at radius 1 is 1.14 bits per heavy atom. The fourth-order valence-corrected chi connectivity index (χ4v) is 9.52. The molecule has 0 radical (unpaired) electrons. The van der Waals surface area contributed by atoms with E-state index in [0.717, 1.165) is 81.1 Å². The van der Waals surface area contributed by atoms with Gasteiger partial charge in [-0.2, -0.15) is 0 Å². The molecule has 1 saturated carbocycles. The summed E-state index contributed by atoms with van der Waals surface area (Å²) >= 11 is 6.36. The van der Waals surface area contributed by atoms with Gasteiger partial charge in [-0.3, -0.25) is 4.79 Å². The number of sulfonamides is 1. The highest BCUT2D eigenvalue weighted by Gasteiger charge is 2.38. The number of anilines is 1. The lowest BCUT2D eigenvalue weighted by atomic mass is 9.70.